The van der Waals surface area contributed by atoms with Crippen molar-refractivity contribution >= 4 is 17.0 Å². The number of hydrogen-bond donors (Lipinski definition) is 1. The zero-order valence-corrected chi connectivity index (χ0v) is 19.2. The molecule has 0 aliphatic rings. The smallest absolute Gasteiger partial charge is 0.349 e. The minimum absolute atomic E-state index is 0.181. The molecule has 0 saturated heterocycles. The van der Waals surface area contributed by atoms with Gasteiger partial charge in [0, 0.05) is 0 Å². The van der Waals surface area contributed by atoms with Crippen molar-refractivity contribution in [3.8, 4) is 11.5 Å². The predicted molar refractivity (Wildman–Crippen MR) is 120 cm³/mol. The number of carbonyl (C=O) groups is 1. The summed E-state index contributed by atoms with van der Waals surface area (Å²) in [6.07, 6.45) is 1.74. The van der Waals surface area contributed by atoms with E-state index < -0.39 is 11.6 Å². The SMILES string of the molecule is CCCc1[nH]nc2c(=O)n(CCOc3ccc(OC(C)(C)C(=O)OCC)cc3)c(C)nc12. The number of aromatic nitrogens is 4. The van der Waals surface area contributed by atoms with Gasteiger partial charge in [0.05, 0.1) is 18.8 Å². The number of rotatable bonds is 10. The Labute approximate surface area is 186 Å². The van der Waals surface area contributed by atoms with E-state index >= 15 is 0 Å². The number of carbonyl (C=O) groups excluding carboxylic acids is 1. The van der Waals surface area contributed by atoms with E-state index in [0.29, 0.717) is 41.5 Å². The summed E-state index contributed by atoms with van der Waals surface area (Å²) in [4.78, 5) is 29.4. The maximum absolute atomic E-state index is 12.8. The van der Waals surface area contributed by atoms with Gasteiger partial charge in [-0.3, -0.25) is 14.5 Å². The number of benzene rings is 1. The van der Waals surface area contributed by atoms with Gasteiger partial charge in [0.1, 0.15) is 29.4 Å². The fourth-order valence-electron chi connectivity index (χ4n) is 3.33. The second kappa shape index (κ2) is 9.84. The zero-order valence-electron chi connectivity index (χ0n) is 19.2. The predicted octanol–water partition coefficient (Wildman–Crippen LogP) is 3.18. The van der Waals surface area contributed by atoms with Crippen LogP contribution in [0.1, 0.15) is 45.6 Å². The highest BCUT2D eigenvalue weighted by atomic mass is 16.6. The van der Waals surface area contributed by atoms with E-state index in [4.69, 9.17) is 14.2 Å². The number of hydrogen-bond acceptors (Lipinski definition) is 7. The van der Waals surface area contributed by atoms with Crippen molar-refractivity contribution in [1.82, 2.24) is 19.7 Å². The van der Waals surface area contributed by atoms with Gasteiger partial charge in [-0.05, 0) is 58.4 Å². The summed E-state index contributed by atoms with van der Waals surface area (Å²) >= 11 is 0. The van der Waals surface area contributed by atoms with Crippen molar-refractivity contribution in [3.05, 3.63) is 46.1 Å². The number of aromatic amines is 1. The maximum atomic E-state index is 12.8. The van der Waals surface area contributed by atoms with Crippen LogP contribution in [0.3, 0.4) is 0 Å². The third kappa shape index (κ3) is 5.09. The molecule has 0 aliphatic heterocycles. The van der Waals surface area contributed by atoms with Gasteiger partial charge in [-0.25, -0.2) is 9.78 Å². The van der Waals surface area contributed by atoms with Crippen molar-refractivity contribution in [2.75, 3.05) is 13.2 Å². The van der Waals surface area contributed by atoms with Crippen LogP contribution in [-0.4, -0.2) is 44.5 Å². The average molecular weight is 443 g/mol. The van der Waals surface area contributed by atoms with Gasteiger partial charge >= 0.3 is 5.97 Å². The first-order chi connectivity index (χ1) is 15.3. The van der Waals surface area contributed by atoms with Gasteiger partial charge in [0.15, 0.2) is 11.1 Å². The molecule has 0 fully saturated rings. The first kappa shape index (κ1) is 23.3. The highest BCUT2D eigenvalue weighted by Crippen LogP contribution is 2.23. The lowest BCUT2D eigenvalue weighted by molar-refractivity contribution is -0.158. The van der Waals surface area contributed by atoms with E-state index in [1.165, 1.54) is 0 Å². The zero-order chi connectivity index (χ0) is 23.3. The minimum atomic E-state index is -1.09. The number of nitrogens with zero attached hydrogens (tertiary/aromatic N) is 3. The van der Waals surface area contributed by atoms with Crippen LogP contribution in [0.25, 0.3) is 11.0 Å². The minimum Gasteiger partial charge on any atom is -0.492 e. The summed E-state index contributed by atoms with van der Waals surface area (Å²) in [5.74, 6) is 1.34. The van der Waals surface area contributed by atoms with Crippen LogP contribution in [-0.2, 0) is 22.5 Å². The molecule has 0 radical (unpaired) electrons. The molecule has 172 valence electrons. The second-order valence-electron chi connectivity index (χ2n) is 7.92. The lowest BCUT2D eigenvalue weighted by atomic mass is 10.1. The highest BCUT2D eigenvalue weighted by Gasteiger charge is 2.31. The van der Waals surface area contributed by atoms with E-state index in [9.17, 15) is 9.59 Å². The fraction of sp³-hybridized carbons (Fsp3) is 0.478. The van der Waals surface area contributed by atoms with E-state index in [-0.39, 0.29) is 12.2 Å². The number of nitrogens with one attached hydrogen (secondary N) is 1. The highest BCUT2D eigenvalue weighted by molar-refractivity contribution is 5.79. The lowest BCUT2D eigenvalue weighted by Gasteiger charge is -2.24. The standard InChI is InChI=1S/C23H30N4O5/c1-6-8-18-19-20(26-25-18)21(28)27(15(3)24-19)13-14-31-16-9-11-17(12-10-16)32-23(4,5)22(29)30-7-2/h9-12H,6-8,13-14H2,1-5H3,(H,25,26). The quantitative estimate of drug-likeness (QED) is 0.480. The van der Waals surface area contributed by atoms with Gasteiger partial charge in [0.2, 0.25) is 0 Å². The third-order valence-corrected chi connectivity index (χ3v) is 4.97. The van der Waals surface area contributed by atoms with E-state index in [1.54, 1.807) is 56.5 Å². The Morgan fingerprint density at radius 3 is 2.47 bits per heavy atom. The Morgan fingerprint density at radius 2 is 1.81 bits per heavy atom. The van der Waals surface area contributed by atoms with Crippen LogP contribution in [0.15, 0.2) is 29.1 Å². The molecule has 0 amide bonds. The monoisotopic (exact) mass is 442 g/mol. The van der Waals surface area contributed by atoms with Crippen molar-refractivity contribution in [1.29, 1.82) is 0 Å². The normalized spacial score (nSPS) is 11.5. The van der Waals surface area contributed by atoms with E-state index in [2.05, 4.69) is 22.1 Å². The molecule has 3 aromatic rings. The summed E-state index contributed by atoms with van der Waals surface area (Å²) in [7, 11) is 0. The molecule has 0 atom stereocenters. The van der Waals surface area contributed by atoms with E-state index in [1.807, 2.05) is 0 Å². The topological polar surface area (TPSA) is 108 Å². The molecule has 32 heavy (non-hydrogen) atoms. The Hall–Kier alpha value is -3.36. The first-order valence-corrected chi connectivity index (χ1v) is 10.8. The molecule has 2 heterocycles. The molecule has 0 spiro atoms. The first-order valence-electron chi connectivity index (χ1n) is 10.8. The van der Waals surface area contributed by atoms with Crippen LogP contribution >= 0.6 is 0 Å². The molecule has 0 bridgehead atoms. The molecular formula is C23H30N4O5. The number of H-pyrrole nitrogens is 1. The van der Waals surface area contributed by atoms with Crippen LogP contribution in [0, 0.1) is 6.92 Å². The number of esters is 1. The molecular weight excluding hydrogens is 412 g/mol. The van der Waals surface area contributed by atoms with Crippen LogP contribution in [0.5, 0.6) is 11.5 Å². The molecule has 3 rings (SSSR count). The summed E-state index contributed by atoms with van der Waals surface area (Å²) in [5, 5.41) is 7.09. The Kier molecular flexibility index (Phi) is 7.17. The van der Waals surface area contributed by atoms with Gasteiger partial charge < -0.3 is 14.2 Å². The van der Waals surface area contributed by atoms with Gasteiger partial charge in [0.25, 0.3) is 5.56 Å². The van der Waals surface area contributed by atoms with Crippen molar-refractivity contribution in [2.45, 2.75) is 59.6 Å². The molecule has 9 heteroatoms. The fourth-order valence-corrected chi connectivity index (χ4v) is 3.33. The molecule has 1 aromatic carbocycles. The van der Waals surface area contributed by atoms with Gasteiger partial charge in [-0.1, -0.05) is 13.3 Å². The third-order valence-electron chi connectivity index (χ3n) is 4.97. The molecule has 0 aliphatic carbocycles. The van der Waals surface area contributed by atoms with Crippen molar-refractivity contribution in [3.63, 3.8) is 0 Å². The maximum Gasteiger partial charge on any atom is 0.349 e. The van der Waals surface area contributed by atoms with Crippen LogP contribution < -0.4 is 15.0 Å². The lowest BCUT2D eigenvalue weighted by Crippen LogP contribution is -2.39. The molecule has 9 nitrogen and oxygen atoms in total. The number of fused-ring (bicyclic) bond motifs is 1. The van der Waals surface area contributed by atoms with Crippen molar-refractivity contribution < 1.29 is 19.0 Å². The van der Waals surface area contributed by atoms with Gasteiger partial charge in [-0.15, -0.1) is 0 Å². The van der Waals surface area contributed by atoms with Crippen molar-refractivity contribution in [2.24, 2.45) is 0 Å². The second-order valence-corrected chi connectivity index (χ2v) is 7.92. The van der Waals surface area contributed by atoms with Gasteiger partial charge in [-0.2, -0.15) is 5.10 Å². The van der Waals surface area contributed by atoms with E-state index in [0.717, 1.165) is 18.5 Å². The largest absolute Gasteiger partial charge is 0.492 e. The number of aryl methyl sites for hydroxylation is 2. The average Bonchev–Trinajstić information content (AvgIpc) is 3.14. The van der Waals surface area contributed by atoms with Crippen LogP contribution in [0.2, 0.25) is 0 Å². The van der Waals surface area contributed by atoms with Crippen LogP contribution in [0.4, 0.5) is 0 Å². The summed E-state index contributed by atoms with van der Waals surface area (Å²) in [5.41, 5.74) is 0.614. The summed E-state index contributed by atoms with van der Waals surface area (Å²) in [6.45, 7) is 9.87. The molecule has 2 aromatic heterocycles. The summed E-state index contributed by atoms with van der Waals surface area (Å²) < 4.78 is 18.1. The Balaban J connectivity index is 1.63. The summed E-state index contributed by atoms with van der Waals surface area (Å²) in [6, 6.07) is 6.94. The Morgan fingerprint density at radius 1 is 1.12 bits per heavy atom. The molecule has 1 N–H and O–H groups in total. The molecule has 0 saturated carbocycles. The number of ether oxygens (including phenoxy) is 3. The molecule has 0 unspecified atom stereocenters. The Bertz CT molecular complexity index is 1130.